The summed E-state index contributed by atoms with van der Waals surface area (Å²) < 4.78 is 33.6. The average molecular weight is 485 g/mol. The third-order valence-corrected chi connectivity index (χ3v) is 7.06. The van der Waals surface area contributed by atoms with Gasteiger partial charge in [0.15, 0.2) is 5.84 Å². The second-order valence-electron chi connectivity index (χ2n) is 6.85. The van der Waals surface area contributed by atoms with Gasteiger partial charge in [-0.25, -0.2) is 13.2 Å². The van der Waals surface area contributed by atoms with Gasteiger partial charge in [-0.15, -0.1) is 5.10 Å². The number of amidine groups is 2. The summed E-state index contributed by atoms with van der Waals surface area (Å²) in [6.07, 6.45) is 2.42. The van der Waals surface area contributed by atoms with Crippen LogP contribution in [-0.4, -0.2) is 54.0 Å². The first kappa shape index (κ1) is 22.4. The second kappa shape index (κ2) is 8.64. The normalized spacial score (nSPS) is 16.9. The molecule has 2 aromatic carbocycles. The van der Waals surface area contributed by atoms with Crippen LogP contribution in [-0.2, 0) is 14.6 Å². The highest BCUT2D eigenvalue weighted by Crippen LogP contribution is 2.30. The van der Waals surface area contributed by atoms with Crippen LogP contribution in [0.4, 0.5) is 0 Å². The van der Waals surface area contributed by atoms with Crippen LogP contribution in [0, 0.1) is 5.41 Å². The molecular formula is C21H16N4O6S2. The van der Waals surface area contributed by atoms with E-state index < -0.39 is 21.7 Å². The van der Waals surface area contributed by atoms with E-state index in [9.17, 15) is 18.0 Å². The maximum atomic E-state index is 12.4. The second-order valence-corrected chi connectivity index (χ2v) is 9.99. The number of hydrogen-bond donors (Lipinski definition) is 1. The highest BCUT2D eigenvalue weighted by atomic mass is 32.3. The molecule has 0 saturated heterocycles. The largest absolute Gasteiger partial charge is 0.497 e. The SMILES string of the molecule is COc1ccc(C(=O)Oc2ccc(C=C3C(=N)N4N=C(S(C)(=O)=O)SC4=NC3=O)cc2)cc1. The van der Waals surface area contributed by atoms with E-state index in [0.717, 1.165) is 23.0 Å². The highest BCUT2D eigenvalue weighted by molar-refractivity contribution is 8.42. The lowest BCUT2D eigenvalue weighted by Crippen LogP contribution is -2.35. The minimum Gasteiger partial charge on any atom is -0.497 e. The Kier molecular flexibility index (Phi) is 5.87. The fourth-order valence-electron chi connectivity index (χ4n) is 2.82. The number of ether oxygens (including phenoxy) is 2. The maximum absolute atomic E-state index is 12.4. The number of carbonyl (C=O) groups is 2. The number of nitrogens with one attached hydrogen (secondary N) is 1. The van der Waals surface area contributed by atoms with E-state index in [1.54, 1.807) is 48.5 Å². The molecule has 4 rings (SSSR count). The van der Waals surface area contributed by atoms with Gasteiger partial charge in [0.1, 0.15) is 11.5 Å². The van der Waals surface area contributed by atoms with Crippen molar-refractivity contribution in [2.45, 2.75) is 0 Å². The van der Waals surface area contributed by atoms with Gasteiger partial charge in [0, 0.05) is 6.26 Å². The number of fused-ring (bicyclic) bond motifs is 1. The van der Waals surface area contributed by atoms with Crippen molar-refractivity contribution in [1.82, 2.24) is 5.01 Å². The highest BCUT2D eigenvalue weighted by Gasteiger charge is 2.38. The van der Waals surface area contributed by atoms with Crippen molar-refractivity contribution < 1.29 is 27.5 Å². The number of aliphatic imine (C=N–C) groups is 1. The van der Waals surface area contributed by atoms with Crippen molar-refractivity contribution in [3.63, 3.8) is 0 Å². The fraction of sp³-hybridized carbons (Fsp3) is 0.0952. The van der Waals surface area contributed by atoms with Crippen molar-refractivity contribution >= 4 is 54.9 Å². The molecule has 0 aromatic heterocycles. The average Bonchev–Trinajstić information content (AvgIpc) is 3.22. The molecule has 33 heavy (non-hydrogen) atoms. The molecule has 0 aliphatic carbocycles. The van der Waals surface area contributed by atoms with Gasteiger partial charge >= 0.3 is 5.97 Å². The maximum Gasteiger partial charge on any atom is 0.343 e. The monoisotopic (exact) mass is 484 g/mol. The molecular weight excluding hydrogens is 468 g/mol. The number of methoxy groups -OCH3 is 1. The molecule has 0 radical (unpaired) electrons. The Morgan fingerprint density at radius 2 is 1.73 bits per heavy atom. The number of carbonyl (C=O) groups excluding carboxylic acids is 2. The van der Waals surface area contributed by atoms with Gasteiger partial charge in [-0.2, -0.15) is 10.0 Å². The molecule has 0 saturated carbocycles. The lowest BCUT2D eigenvalue weighted by Gasteiger charge is -2.20. The van der Waals surface area contributed by atoms with Crippen molar-refractivity contribution in [1.29, 1.82) is 5.41 Å². The van der Waals surface area contributed by atoms with E-state index in [4.69, 9.17) is 14.9 Å². The van der Waals surface area contributed by atoms with E-state index in [-0.39, 0.29) is 21.0 Å². The number of benzene rings is 2. The van der Waals surface area contributed by atoms with Gasteiger partial charge in [0.25, 0.3) is 5.91 Å². The van der Waals surface area contributed by atoms with E-state index in [0.29, 0.717) is 22.6 Å². The predicted octanol–water partition coefficient (Wildman–Crippen LogP) is 2.54. The van der Waals surface area contributed by atoms with Crippen LogP contribution in [0.1, 0.15) is 15.9 Å². The Hall–Kier alpha value is -3.77. The minimum absolute atomic E-state index is 0.0170. The Morgan fingerprint density at radius 1 is 1.09 bits per heavy atom. The van der Waals surface area contributed by atoms with Crippen LogP contribution in [0.15, 0.2) is 64.2 Å². The minimum atomic E-state index is -3.60. The van der Waals surface area contributed by atoms with Crippen molar-refractivity contribution in [2.24, 2.45) is 10.1 Å². The summed E-state index contributed by atoms with van der Waals surface area (Å²) in [5, 5.41) is 13.2. The topological polar surface area (TPSA) is 139 Å². The van der Waals surface area contributed by atoms with Gasteiger partial charge in [-0.3, -0.25) is 10.2 Å². The number of nitrogens with zero attached hydrogens (tertiary/aromatic N) is 3. The zero-order valence-electron chi connectivity index (χ0n) is 17.3. The van der Waals surface area contributed by atoms with Crippen molar-refractivity contribution in [3.8, 4) is 11.5 Å². The fourth-order valence-corrected chi connectivity index (χ4v) is 4.50. The standard InChI is InChI=1S/C21H16N4O6S2/c1-30-14-9-5-13(6-10-14)19(27)31-15-7-3-12(4-8-15)11-16-17(22)25-20(23-18(16)26)32-21(24-25)33(2,28)29/h3-11,22H,1-2H3. The molecule has 0 spiro atoms. The third-order valence-electron chi connectivity index (χ3n) is 4.48. The summed E-state index contributed by atoms with van der Waals surface area (Å²) in [5.74, 6) is -0.596. The van der Waals surface area contributed by atoms with Gasteiger partial charge < -0.3 is 9.47 Å². The number of thioether (sulfide) groups is 1. The van der Waals surface area contributed by atoms with Gasteiger partial charge in [0.05, 0.1) is 18.2 Å². The molecule has 0 bridgehead atoms. The van der Waals surface area contributed by atoms with E-state index >= 15 is 0 Å². The Bertz CT molecular complexity index is 1360. The first-order valence-corrected chi connectivity index (χ1v) is 12.0. The summed E-state index contributed by atoms with van der Waals surface area (Å²) >= 11 is 0.719. The molecule has 1 amide bonds. The molecule has 2 aromatic rings. The molecule has 0 unspecified atom stereocenters. The zero-order chi connectivity index (χ0) is 23.8. The van der Waals surface area contributed by atoms with Gasteiger partial charge in [-0.1, -0.05) is 12.1 Å². The molecule has 2 aliphatic heterocycles. The Morgan fingerprint density at radius 3 is 2.33 bits per heavy atom. The van der Waals surface area contributed by atoms with Crippen LogP contribution in [0.25, 0.3) is 6.08 Å². The van der Waals surface area contributed by atoms with Gasteiger partial charge in [-0.05, 0) is 59.8 Å². The zero-order valence-corrected chi connectivity index (χ0v) is 18.9. The Labute approximate surface area is 193 Å². The predicted molar refractivity (Wildman–Crippen MR) is 124 cm³/mol. The van der Waals surface area contributed by atoms with E-state index in [2.05, 4.69) is 10.1 Å². The summed E-state index contributed by atoms with van der Waals surface area (Å²) in [5.41, 5.74) is 0.848. The van der Waals surface area contributed by atoms with E-state index in [1.807, 2.05) is 0 Å². The summed E-state index contributed by atoms with van der Waals surface area (Å²) in [6.45, 7) is 0. The van der Waals surface area contributed by atoms with E-state index in [1.165, 1.54) is 13.2 Å². The van der Waals surface area contributed by atoms with Crippen molar-refractivity contribution in [3.05, 3.63) is 65.2 Å². The lowest BCUT2D eigenvalue weighted by molar-refractivity contribution is -0.114. The molecule has 12 heteroatoms. The molecule has 2 heterocycles. The molecule has 168 valence electrons. The number of esters is 1. The van der Waals surface area contributed by atoms with Crippen LogP contribution < -0.4 is 9.47 Å². The number of amides is 1. The summed E-state index contributed by atoms with van der Waals surface area (Å²) in [7, 11) is -2.07. The summed E-state index contributed by atoms with van der Waals surface area (Å²) in [4.78, 5) is 28.5. The number of rotatable bonds is 4. The molecule has 10 nitrogen and oxygen atoms in total. The molecule has 1 N–H and O–H groups in total. The number of hydrogen-bond acceptors (Lipinski definition) is 9. The first-order chi connectivity index (χ1) is 15.7. The van der Waals surface area contributed by atoms with Crippen LogP contribution in [0.3, 0.4) is 0 Å². The van der Waals surface area contributed by atoms with Gasteiger partial charge in [0.2, 0.25) is 19.4 Å². The first-order valence-electron chi connectivity index (χ1n) is 9.32. The van der Waals surface area contributed by atoms with Crippen LogP contribution >= 0.6 is 11.8 Å². The molecule has 2 aliphatic rings. The number of hydrazone groups is 1. The summed E-state index contributed by atoms with van der Waals surface area (Å²) in [6, 6.07) is 12.8. The lowest BCUT2D eigenvalue weighted by atomic mass is 10.1. The molecule has 0 atom stereocenters. The quantitative estimate of drug-likeness (QED) is 0.397. The van der Waals surface area contributed by atoms with Crippen LogP contribution in [0.2, 0.25) is 0 Å². The Balaban J connectivity index is 1.50. The van der Waals surface area contributed by atoms with Crippen molar-refractivity contribution in [2.75, 3.05) is 13.4 Å². The smallest absolute Gasteiger partial charge is 0.343 e. The third kappa shape index (κ3) is 4.71. The molecule has 0 fully saturated rings. The van der Waals surface area contributed by atoms with Crippen LogP contribution in [0.5, 0.6) is 11.5 Å². The number of sulfone groups is 1.